The van der Waals surface area contributed by atoms with E-state index in [4.69, 9.17) is 0 Å². The molecule has 1 atom stereocenters. The van der Waals surface area contributed by atoms with E-state index < -0.39 is 0 Å². The Morgan fingerprint density at radius 3 is 2.81 bits per heavy atom. The molecule has 0 bridgehead atoms. The molecule has 1 aliphatic rings. The van der Waals surface area contributed by atoms with E-state index in [2.05, 4.69) is 83.8 Å². The molecule has 4 nitrogen and oxygen atoms in total. The van der Waals surface area contributed by atoms with Crippen molar-refractivity contribution < 1.29 is 9.53 Å². The number of carbonyl (C=O) groups excluding carboxylic acids is 1. The maximum atomic E-state index is 11.1. The molecule has 2 aromatic carbocycles. The number of rotatable bonds is 6. The van der Waals surface area contributed by atoms with Gasteiger partial charge < -0.3 is 15.0 Å². The van der Waals surface area contributed by atoms with Crippen molar-refractivity contribution in [1.29, 1.82) is 0 Å². The van der Waals surface area contributed by atoms with Crippen molar-refractivity contribution >= 4 is 56.3 Å². The van der Waals surface area contributed by atoms with Crippen LogP contribution in [0.1, 0.15) is 17.5 Å². The SMILES string of the molecule is COC(=O)/C=C/c1ccc(CN[C@H]2CCN(c3ccc(I)c(Br)c3)C2)cc1. The third-order valence-electron chi connectivity index (χ3n) is 4.64. The van der Waals surface area contributed by atoms with Gasteiger partial charge in [-0.1, -0.05) is 24.3 Å². The Hall–Kier alpha value is -1.38. The summed E-state index contributed by atoms with van der Waals surface area (Å²) in [6.45, 7) is 2.94. The lowest BCUT2D eigenvalue weighted by atomic mass is 10.1. The molecule has 1 N–H and O–H groups in total. The summed E-state index contributed by atoms with van der Waals surface area (Å²) in [5.74, 6) is -0.341. The highest BCUT2D eigenvalue weighted by atomic mass is 127. The Morgan fingerprint density at radius 2 is 2.11 bits per heavy atom. The molecule has 142 valence electrons. The number of nitrogens with zero attached hydrogens (tertiary/aromatic N) is 1. The van der Waals surface area contributed by atoms with Crippen molar-refractivity contribution in [3.63, 3.8) is 0 Å². The number of esters is 1. The van der Waals surface area contributed by atoms with E-state index >= 15 is 0 Å². The number of carbonyl (C=O) groups is 1. The maximum absolute atomic E-state index is 11.1. The Kier molecular flexibility index (Phi) is 7.32. The molecule has 1 saturated heterocycles. The molecule has 3 rings (SSSR count). The highest BCUT2D eigenvalue weighted by Crippen LogP contribution is 2.27. The summed E-state index contributed by atoms with van der Waals surface area (Å²) < 4.78 is 6.98. The van der Waals surface area contributed by atoms with E-state index in [1.807, 2.05) is 12.1 Å². The summed E-state index contributed by atoms with van der Waals surface area (Å²) in [6.07, 6.45) is 4.34. The smallest absolute Gasteiger partial charge is 0.330 e. The third kappa shape index (κ3) is 5.80. The van der Waals surface area contributed by atoms with E-state index in [0.29, 0.717) is 6.04 Å². The fourth-order valence-electron chi connectivity index (χ4n) is 3.08. The number of benzene rings is 2. The molecule has 1 aliphatic heterocycles. The van der Waals surface area contributed by atoms with E-state index in [1.54, 1.807) is 6.08 Å². The first-order valence-electron chi connectivity index (χ1n) is 8.83. The van der Waals surface area contributed by atoms with Crippen LogP contribution in [-0.4, -0.2) is 32.2 Å². The number of hydrogen-bond donors (Lipinski definition) is 1. The van der Waals surface area contributed by atoms with E-state index in [1.165, 1.54) is 28.0 Å². The molecular weight excluding hydrogens is 519 g/mol. The molecule has 0 aromatic heterocycles. The van der Waals surface area contributed by atoms with Crippen LogP contribution in [-0.2, 0) is 16.1 Å². The lowest BCUT2D eigenvalue weighted by molar-refractivity contribution is -0.134. The van der Waals surface area contributed by atoms with Gasteiger partial charge in [0.2, 0.25) is 0 Å². The number of hydrogen-bond acceptors (Lipinski definition) is 4. The van der Waals surface area contributed by atoms with E-state index in [0.717, 1.165) is 36.1 Å². The molecule has 27 heavy (non-hydrogen) atoms. The maximum Gasteiger partial charge on any atom is 0.330 e. The average molecular weight is 541 g/mol. The van der Waals surface area contributed by atoms with Crippen molar-refractivity contribution in [3.8, 4) is 0 Å². The van der Waals surface area contributed by atoms with Crippen LogP contribution in [0.5, 0.6) is 0 Å². The first-order chi connectivity index (χ1) is 13.0. The van der Waals surface area contributed by atoms with E-state index in [9.17, 15) is 4.79 Å². The number of ether oxygens (including phenoxy) is 1. The van der Waals surface area contributed by atoms with Crippen molar-refractivity contribution in [3.05, 3.63) is 67.7 Å². The Morgan fingerprint density at radius 1 is 1.33 bits per heavy atom. The fraction of sp³-hybridized carbons (Fsp3) is 0.286. The van der Waals surface area contributed by atoms with Gasteiger partial charge in [0.25, 0.3) is 0 Å². The minimum absolute atomic E-state index is 0.341. The van der Waals surface area contributed by atoms with Crippen LogP contribution in [0.25, 0.3) is 6.08 Å². The van der Waals surface area contributed by atoms with Crippen LogP contribution in [0.2, 0.25) is 0 Å². The van der Waals surface area contributed by atoms with Gasteiger partial charge in [0, 0.05) is 45.5 Å². The van der Waals surface area contributed by atoms with Crippen LogP contribution in [0.3, 0.4) is 0 Å². The van der Waals surface area contributed by atoms with Crippen molar-refractivity contribution in [2.45, 2.75) is 19.0 Å². The number of anilines is 1. The summed E-state index contributed by atoms with van der Waals surface area (Å²) >= 11 is 5.95. The molecule has 0 saturated carbocycles. The molecular formula is C21H22BrIN2O2. The molecule has 6 heteroatoms. The quantitative estimate of drug-likeness (QED) is 0.330. The Labute approximate surface area is 182 Å². The summed E-state index contributed by atoms with van der Waals surface area (Å²) in [7, 11) is 1.38. The predicted octanol–water partition coefficient (Wildman–Crippen LogP) is 4.61. The zero-order valence-electron chi connectivity index (χ0n) is 15.1. The van der Waals surface area contributed by atoms with Gasteiger partial charge in [0.1, 0.15) is 0 Å². The average Bonchev–Trinajstić information content (AvgIpc) is 3.16. The first kappa shape index (κ1) is 20.4. The second kappa shape index (κ2) is 9.71. The van der Waals surface area contributed by atoms with Gasteiger partial charge in [-0.2, -0.15) is 0 Å². The van der Waals surface area contributed by atoms with Gasteiger partial charge in [0.05, 0.1) is 7.11 Å². The summed E-state index contributed by atoms with van der Waals surface area (Å²) in [6, 6.07) is 15.2. The minimum Gasteiger partial charge on any atom is -0.466 e. The van der Waals surface area contributed by atoms with Crippen LogP contribution >= 0.6 is 38.5 Å². The lowest BCUT2D eigenvalue weighted by Crippen LogP contribution is -2.32. The van der Waals surface area contributed by atoms with Gasteiger partial charge in [-0.25, -0.2) is 4.79 Å². The molecule has 1 fully saturated rings. The van der Waals surface area contributed by atoms with Gasteiger partial charge in [-0.05, 0) is 80.3 Å². The topological polar surface area (TPSA) is 41.6 Å². The second-order valence-electron chi connectivity index (χ2n) is 6.51. The minimum atomic E-state index is -0.341. The molecule has 0 aliphatic carbocycles. The fourth-order valence-corrected chi connectivity index (χ4v) is 3.79. The van der Waals surface area contributed by atoms with Crippen LogP contribution in [0, 0.1) is 3.57 Å². The molecule has 0 radical (unpaired) electrons. The van der Waals surface area contributed by atoms with Gasteiger partial charge in [-0.15, -0.1) is 0 Å². The molecule has 1 heterocycles. The highest BCUT2D eigenvalue weighted by molar-refractivity contribution is 14.1. The van der Waals surface area contributed by atoms with Gasteiger partial charge >= 0.3 is 5.97 Å². The second-order valence-corrected chi connectivity index (χ2v) is 8.53. The zero-order valence-corrected chi connectivity index (χ0v) is 18.9. The standard InChI is InChI=1S/C21H22BrIN2O2/c1-27-21(26)9-6-15-2-4-16(5-3-15)13-24-17-10-11-25(14-17)18-7-8-20(23)19(22)12-18/h2-9,12,17,24H,10-11,13-14H2,1H3/b9-6+/t17-/m0/s1. The number of halogens is 2. The summed E-state index contributed by atoms with van der Waals surface area (Å²) in [5, 5.41) is 3.66. The number of methoxy groups -OCH3 is 1. The van der Waals surface area contributed by atoms with Crippen LogP contribution in [0.4, 0.5) is 5.69 Å². The Bertz CT molecular complexity index is 823. The zero-order chi connectivity index (χ0) is 19.2. The van der Waals surface area contributed by atoms with Crippen LogP contribution in [0.15, 0.2) is 53.0 Å². The normalized spacial score (nSPS) is 16.9. The van der Waals surface area contributed by atoms with Crippen molar-refractivity contribution in [2.24, 2.45) is 0 Å². The van der Waals surface area contributed by atoms with Crippen LogP contribution < -0.4 is 10.2 Å². The first-order valence-corrected chi connectivity index (χ1v) is 10.7. The predicted molar refractivity (Wildman–Crippen MR) is 122 cm³/mol. The lowest BCUT2D eigenvalue weighted by Gasteiger charge is -2.20. The summed E-state index contributed by atoms with van der Waals surface area (Å²) in [5.41, 5.74) is 3.49. The monoisotopic (exact) mass is 540 g/mol. The largest absolute Gasteiger partial charge is 0.466 e. The summed E-state index contributed by atoms with van der Waals surface area (Å²) in [4.78, 5) is 13.6. The molecule has 2 aromatic rings. The van der Waals surface area contributed by atoms with Crippen molar-refractivity contribution in [1.82, 2.24) is 5.32 Å². The van der Waals surface area contributed by atoms with Crippen molar-refractivity contribution in [2.75, 3.05) is 25.1 Å². The Balaban J connectivity index is 1.50. The van der Waals surface area contributed by atoms with Gasteiger partial charge in [0.15, 0.2) is 0 Å². The highest BCUT2D eigenvalue weighted by Gasteiger charge is 2.22. The molecule has 0 amide bonds. The number of nitrogens with one attached hydrogen (secondary N) is 1. The van der Waals surface area contributed by atoms with E-state index in [-0.39, 0.29) is 5.97 Å². The van der Waals surface area contributed by atoms with Gasteiger partial charge in [-0.3, -0.25) is 0 Å². The third-order valence-corrected chi connectivity index (χ3v) is 6.98. The molecule has 0 unspecified atom stereocenters. The molecule has 0 spiro atoms.